The first-order chi connectivity index (χ1) is 9.33. The van der Waals surface area contributed by atoms with Crippen molar-refractivity contribution in [2.24, 2.45) is 5.73 Å². The molecule has 0 saturated carbocycles. The highest BCUT2D eigenvalue weighted by atomic mass is 79.9. The Morgan fingerprint density at radius 2 is 2.00 bits per heavy atom. The van der Waals surface area contributed by atoms with E-state index >= 15 is 0 Å². The van der Waals surface area contributed by atoms with Crippen LogP contribution in [0.25, 0.3) is 0 Å². The van der Waals surface area contributed by atoms with Crippen molar-refractivity contribution in [1.29, 1.82) is 0 Å². The highest BCUT2D eigenvalue weighted by Gasteiger charge is 2.23. The zero-order chi connectivity index (χ0) is 14.9. The summed E-state index contributed by atoms with van der Waals surface area (Å²) in [5.41, 5.74) is 5.62. The van der Waals surface area contributed by atoms with Gasteiger partial charge in [-0.2, -0.15) is 0 Å². The molecule has 0 unspecified atom stereocenters. The quantitative estimate of drug-likeness (QED) is 0.822. The van der Waals surface area contributed by atoms with Gasteiger partial charge in [0.2, 0.25) is 0 Å². The van der Waals surface area contributed by atoms with Crippen molar-refractivity contribution in [3.05, 3.63) is 44.7 Å². The van der Waals surface area contributed by atoms with Crippen LogP contribution >= 0.6 is 39.1 Å². The molecule has 5 nitrogen and oxygen atoms in total. The molecule has 0 amide bonds. The number of halogens is 3. The van der Waals surface area contributed by atoms with Crippen LogP contribution in [-0.2, 0) is 16.6 Å². The average molecular weight is 400 g/mol. The minimum Gasteiger partial charge on any atom is -0.452 e. The van der Waals surface area contributed by atoms with Crippen LogP contribution in [0.15, 0.2) is 38.2 Å². The molecular weight excluding hydrogens is 391 g/mol. The van der Waals surface area contributed by atoms with Gasteiger partial charge in [-0.1, -0.05) is 23.2 Å². The van der Waals surface area contributed by atoms with Crippen molar-refractivity contribution in [2.75, 3.05) is 4.72 Å². The number of hydrogen-bond acceptors (Lipinski definition) is 4. The van der Waals surface area contributed by atoms with Crippen LogP contribution in [0.2, 0.25) is 10.0 Å². The van der Waals surface area contributed by atoms with Crippen molar-refractivity contribution in [2.45, 2.75) is 11.4 Å². The van der Waals surface area contributed by atoms with Gasteiger partial charge in [-0.15, -0.1) is 0 Å². The SMILES string of the molecule is NCc1cc(S(=O)(=O)Nc2ccc(Cl)cc2Cl)c(Br)o1. The standard InChI is InChI=1S/C11H9BrCl2N2O3S/c12-11-10(4-7(5-15)19-11)20(17,18)16-9-2-1-6(13)3-8(9)14/h1-4,16H,5,15H2. The van der Waals surface area contributed by atoms with Crippen LogP contribution in [-0.4, -0.2) is 8.42 Å². The van der Waals surface area contributed by atoms with Gasteiger partial charge in [-0.05, 0) is 34.1 Å². The molecule has 9 heteroatoms. The second kappa shape index (κ2) is 5.95. The molecule has 0 aliphatic heterocycles. The Kier molecular flexibility index (Phi) is 4.66. The molecule has 20 heavy (non-hydrogen) atoms. The third-order valence-electron chi connectivity index (χ3n) is 2.37. The van der Waals surface area contributed by atoms with Crippen LogP contribution in [0.4, 0.5) is 5.69 Å². The Morgan fingerprint density at radius 1 is 1.30 bits per heavy atom. The Balaban J connectivity index is 2.38. The summed E-state index contributed by atoms with van der Waals surface area (Å²) >= 11 is 14.7. The minimum absolute atomic E-state index is 0.0519. The fourth-order valence-corrected chi connectivity index (χ4v) is 4.04. The van der Waals surface area contributed by atoms with Crippen LogP contribution in [0.3, 0.4) is 0 Å². The van der Waals surface area contributed by atoms with Gasteiger partial charge in [0.25, 0.3) is 10.0 Å². The van der Waals surface area contributed by atoms with Crippen molar-refractivity contribution >= 4 is 54.8 Å². The van der Waals surface area contributed by atoms with Gasteiger partial charge in [-0.3, -0.25) is 4.72 Å². The number of sulfonamides is 1. The highest BCUT2D eigenvalue weighted by Crippen LogP contribution is 2.31. The molecule has 0 aliphatic carbocycles. The maximum Gasteiger partial charge on any atom is 0.266 e. The van der Waals surface area contributed by atoms with Crippen molar-refractivity contribution in [1.82, 2.24) is 0 Å². The van der Waals surface area contributed by atoms with E-state index in [-0.39, 0.29) is 26.8 Å². The van der Waals surface area contributed by atoms with Gasteiger partial charge in [-0.25, -0.2) is 8.42 Å². The van der Waals surface area contributed by atoms with Gasteiger partial charge < -0.3 is 10.2 Å². The number of rotatable bonds is 4. The second-order valence-corrected chi connectivity index (χ2v) is 7.00. The van der Waals surface area contributed by atoms with Gasteiger partial charge in [0.05, 0.1) is 17.3 Å². The normalized spacial score (nSPS) is 11.6. The monoisotopic (exact) mass is 398 g/mol. The third-order valence-corrected chi connectivity index (χ3v) is 5.14. The molecule has 0 atom stereocenters. The lowest BCUT2D eigenvalue weighted by molar-refractivity contribution is 0.484. The van der Waals surface area contributed by atoms with E-state index < -0.39 is 10.0 Å². The molecule has 0 fully saturated rings. The second-order valence-electron chi connectivity index (χ2n) is 3.78. The van der Waals surface area contributed by atoms with E-state index in [9.17, 15) is 8.42 Å². The fourth-order valence-electron chi connectivity index (χ4n) is 1.45. The molecule has 0 bridgehead atoms. The number of benzene rings is 1. The molecule has 0 spiro atoms. The van der Waals surface area contributed by atoms with E-state index in [4.69, 9.17) is 33.4 Å². The minimum atomic E-state index is -3.84. The fraction of sp³-hybridized carbons (Fsp3) is 0.0909. The van der Waals surface area contributed by atoms with Gasteiger partial charge >= 0.3 is 0 Å². The summed E-state index contributed by atoms with van der Waals surface area (Å²) in [5.74, 6) is 0.347. The number of nitrogens with two attached hydrogens (primary N) is 1. The molecule has 108 valence electrons. The summed E-state index contributed by atoms with van der Waals surface area (Å²) in [5, 5.41) is 0.604. The predicted octanol–water partition coefficient (Wildman–Crippen LogP) is 3.61. The Bertz CT molecular complexity index is 746. The van der Waals surface area contributed by atoms with Gasteiger partial charge in [0, 0.05) is 11.1 Å². The van der Waals surface area contributed by atoms with Crippen molar-refractivity contribution in [3.8, 4) is 0 Å². The lowest BCUT2D eigenvalue weighted by Crippen LogP contribution is -2.13. The first-order valence-corrected chi connectivity index (χ1v) is 8.33. The zero-order valence-electron chi connectivity index (χ0n) is 9.86. The summed E-state index contributed by atoms with van der Waals surface area (Å²) < 4.78 is 32.1. The van der Waals surface area contributed by atoms with Crippen LogP contribution in [0.1, 0.15) is 5.76 Å². The van der Waals surface area contributed by atoms with Gasteiger partial charge in [0.15, 0.2) is 4.67 Å². The molecule has 1 aromatic heterocycles. The molecule has 1 aromatic carbocycles. The zero-order valence-corrected chi connectivity index (χ0v) is 13.8. The number of anilines is 1. The summed E-state index contributed by atoms with van der Waals surface area (Å²) in [6.45, 7) is 0.0931. The van der Waals surface area contributed by atoms with Crippen LogP contribution < -0.4 is 10.5 Å². The van der Waals surface area contributed by atoms with E-state index in [1.54, 1.807) is 0 Å². The Labute approximate surface area is 134 Å². The number of nitrogens with one attached hydrogen (secondary N) is 1. The predicted molar refractivity (Wildman–Crippen MR) is 81.6 cm³/mol. The third kappa shape index (κ3) is 3.29. The molecular formula is C11H9BrCl2N2O3S. The topological polar surface area (TPSA) is 85.3 Å². The van der Waals surface area contributed by atoms with E-state index in [2.05, 4.69) is 20.7 Å². The van der Waals surface area contributed by atoms with Crippen LogP contribution in [0.5, 0.6) is 0 Å². The van der Waals surface area contributed by atoms with Crippen LogP contribution in [0, 0.1) is 0 Å². The summed E-state index contributed by atoms with van der Waals surface area (Å²) in [6, 6.07) is 5.79. The van der Waals surface area contributed by atoms with E-state index in [0.29, 0.717) is 10.8 Å². The Morgan fingerprint density at radius 3 is 2.55 bits per heavy atom. The molecule has 1 heterocycles. The van der Waals surface area contributed by atoms with E-state index in [0.717, 1.165) is 0 Å². The number of furan rings is 1. The molecule has 0 saturated heterocycles. The maximum absolute atomic E-state index is 12.3. The lowest BCUT2D eigenvalue weighted by atomic mass is 10.3. The Hall–Kier alpha value is -0.730. The van der Waals surface area contributed by atoms with E-state index in [1.165, 1.54) is 24.3 Å². The molecule has 2 rings (SSSR count). The smallest absolute Gasteiger partial charge is 0.266 e. The molecule has 0 radical (unpaired) electrons. The van der Waals surface area contributed by atoms with Gasteiger partial charge in [0.1, 0.15) is 10.7 Å². The maximum atomic E-state index is 12.3. The molecule has 3 N–H and O–H groups in total. The summed E-state index contributed by atoms with van der Waals surface area (Å²) in [4.78, 5) is -0.0519. The average Bonchev–Trinajstić information content (AvgIpc) is 2.75. The van der Waals surface area contributed by atoms with Crippen molar-refractivity contribution in [3.63, 3.8) is 0 Å². The van der Waals surface area contributed by atoms with E-state index in [1.807, 2.05) is 0 Å². The molecule has 0 aliphatic rings. The molecule has 2 aromatic rings. The lowest BCUT2D eigenvalue weighted by Gasteiger charge is -2.08. The summed E-state index contributed by atoms with van der Waals surface area (Å²) in [6.07, 6.45) is 0. The van der Waals surface area contributed by atoms with Crippen molar-refractivity contribution < 1.29 is 12.8 Å². The highest BCUT2D eigenvalue weighted by molar-refractivity contribution is 9.10. The summed E-state index contributed by atoms with van der Waals surface area (Å²) in [7, 11) is -3.84. The largest absolute Gasteiger partial charge is 0.452 e. The first kappa shape index (κ1) is 15.7. The first-order valence-electron chi connectivity index (χ1n) is 5.29. The number of hydrogen-bond donors (Lipinski definition) is 2.